The van der Waals surface area contributed by atoms with Crippen molar-refractivity contribution in [3.63, 3.8) is 0 Å². The molecule has 2 N–H and O–H groups in total. The van der Waals surface area contributed by atoms with Crippen LogP contribution >= 0.6 is 0 Å². The number of carbonyl (C=O) groups is 1. The van der Waals surface area contributed by atoms with E-state index >= 15 is 0 Å². The zero-order valence-corrected chi connectivity index (χ0v) is 8.64. The molecule has 4 atom stereocenters. The molecule has 0 aromatic heterocycles. The maximum absolute atomic E-state index is 10.7. The van der Waals surface area contributed by atoms with Gasteiger partial charge in [-0.2, -0.15) is 0 Å². The molecule has 0 bridgehead atoms. The lowest BCUT2D eigenvalue weighted by atomic mass is 10.0. The first-order valence-corrected chi connectivity index (χ1v) is 5.07. The Balaban J connectivity index is 2.37. The zero-order chi connectivity index (χ0) is 10.7. The molecular weight excluding hydrogens is 184 g/mol. The average Bonchev–Trinajstić information content (AvgIpc) is 2.50. The van der Waals surface area contributed by atoms with Crippen LogP contribution in [0.2, 0.25) is 0 Å². The number of hydrogen-bond acceptors (Lipinski definition) is 3. The van der Waals surface area contributed by atoms with Gasteiger partial charge in [0.15, 0.2) is 0 Å². The first-order chi connectivity index (χ1) is 6.50. The minimum Gasteiger partial charge on any atom is -0.481 e. The van der Waals surface area contributed by atoms with Gasteiger partial charge in [0.2, 0.25) is 0 Å². The molecule has 0 aliphatic carbocycles. The van der Waals surface area contributed by atoms with Crippen molar-refractivity contribution >= 4 is 5.97 Å². The highest BCUT2D eigenvalue weighted by atomic mass is 16.5. The second kappa shape index (κ2) is 4.75. The van der Waals surface area contributed by atoms with Crippen LogP contribution in [0.4, 0.5) is 0 Å². The summed E-state index contributed by atoms with van der Waals surface area (Å²) >= 11 is 0. The largest absolute Gasteiger partial charge is 0.481 e. The van der Waals surface area contributed by atoms with Crippen molar-refractivity contribution in [2.75, 3.05) is 0 Å². The summed E-state index contributed by atoms with van der Waals surface area (Å²) in [7, 11) is 0. The molecule has 0 spiro atoms. The summed E-state index contributed by atoms with van der Waals surface area (Å²) in [5, 5.41) is 17.9. The van der Waals surface area contributed by atoms with E-state index in [1.807, 2.05) is 0 Å². The van der Waals surface area contributed by atoms with E-state index in [4.69, 9.17) is 14.9 Å². The molecule has 2 unspecified atom stereocenters. The summed E-state index contributed by atoms with van der Waals surface area (Å²) in [5.74, 6) is -1.26. The molecule has 4 nitrogen and oxygen atoms in total. The number of aliphatic hydroxyl groups excluding tert-OH is 1. The minimum atomic E-state index is -0.812. The van der Waals surface area contributed by atoms with Crippen LogP contribution in [0, 0.1) is 5.92 Å². The molecule has 1 saturated heterocycles. The van der Waals surface area contributed by atoms with Gasteiger partial charge in [0.1, 0.15) is 0 Å². The van der Waals surface area contributed by atoms with Crippen LogP contribution in [0.15, 0.2) is 0 Å². The summed E-state index contributed by atoms with van der Waals surface area (Å²) in [6.45, 7) is 3.38. The number of carboxylic acids is 1. The predicted octanol–water partition coefficient (Wildman–Crippen LogP) is 1.03. The van der Waals surface area contributed by atoms with E-state index in [2.05, 4.69) is 0 Å². The maximum atomic E-state index is 10.7. The number of carboxylic acid groups (broad SMARTS) is 1. The quantitative estimate of drug-likeness (QED) is 0.714. The van der Waals surface area contributed by atoms with Crippen molar-refractivity contribution in [3.05, 3.63) is 0 Å². The lowest BCUT2D eigenvalue weighted by Crippen LogP contribution is -2.26. The van der Waals surface area contributed by atoms with Crippen molar-refractivity contribution in [3.8, 4) is 0 Å². The topological polar surface area (TPSA) is 66.8 Å². The van der Waals surface area contributed by atoms with E-state index in [1.54, 1.807) is 13.8 Å². The van der Waals surface area contributed by atoms with Gasteiger partial charge >= 0.3 is 5.97 Å². The lowest BCUT2D eigenvalue weighted by Gasteiger charge is -2.17. The number of hydrogen-bond donors (Lipinski definition) is 2. The van der Waals surface area contributed by atoms with Crippen LogP contribution in [0.3, 0.4) is 0 Å². The van der Waals surface area contributed by atoms with Gasteiger partial charge in [-0.25, -0.2) is 0 Å². The van der Waals surface area contributed by atoms with Crippen LogP contribution in [0.25, 0.3) is 0 Å². The van der Waals surface area contributed by atoms with E-state index in [0.29, 0.717) is 6.42 Å². The van der Waals surface area contributed by atoms with Crippen molar-refractivity contribution in [2.45, 2.75) is 51.4 Å². The fraction of sp³-hybridized carbons (Fsp3) is 0.900. The van der Waals surface area contributed by atoms with Crippen LogP contribution in [-0.2, 0) is 9.53 Å². The number of aliphatic hydroxyl groups is 1. The number of rotatable bonds is 4. The Kier molecular flexibility index (Phi) is 3.89. The SMILES string of the molecule is C[C@H](O)CC1CCC([C@H](C)C(=O)O)O1. The molecule has 1 fully saturated rings. The van der Waals surface area contributed by atoms with Crippen LogP contribution in [0.5, 0.6) is 0 Å². The molecule has 0 saturated carbocycles. The van der Waals surface area contributed by atoms with Gasteiger partial charge in [-0.05, 0) is 33.1 Å². The van der Waals surface area contributed by atoms with Gasteiger partial charge in [-0.3, -0.25) is 4.79 Å². The third kappa shape index (κ3) is 2.96. The summed E-state index contributed by atoms with van der Waals surface area (Å²) in [6.07, 6.45) is 1.71. The Morgan fingerprint density at radius 1 is 1.50 bits per heavy atom. The molecule has 82 valence electrons. The first-order valence-electron chi connectivity index (χ1n) is 5.07. The van der Waals surface area contributed by atoms with Crippen molar-refractivity contribution in [1.29, 1.82) is 0 Å². The van der Waals surface area contributed by atoms with Gasteiger partial charge in [-0.1, -0.05) is 0 Å². The molecule has 0 aromatic rings. The fourth-order valence-electron chi connectivity index (χ4n) is 1.81. The molecule has 0 amide bonds. The van der Waals surface area contributed by atoms with Gasteiger partial charge in [0.05, 0.1) is 24.2 Å². The van der Waals surface area contributed by atoms with Crippen LogP contribution < -0.4 is 0 Å². The normalized spacial score (nSPS) is 31.4. The van der Waals surface area contributed by atoms with Crippen LogP contribution in [-0.4, -0.2) is 34.5 Å². The monoisotopic (exact) mass is 202 g/mol. The van der Waals surface area contributed by atoms with E-state index in [-0.39, 0.29) is 18.3 Å². The summed E-state index contributed by atoms with van der Waals surface area (Å²) < 4.78 is 5.55. The van der Waals surface area contributed by atoms with Crippen molar-refractivity contribution < 1.29 is 19.7 Å². The first kappa shape index (κ1) is 11.5. The molecule has 0 radical (unpaired) electrons. The van der Waals surface area contributed by atoms with E-state index in [0.717, 1.165) is 12.8 Å². The molecular formula is C10H18O4. The Labute approximate surface area is 83.9 Å². The van der Waals surface area contributed by atoms with Gasteiger partial charge in [-0.15, -0.1) is 0 Å². The number of aliphatic carboxylic acids is 1. The maximum Gasteiger partial charge on any atom is 0.308 e. The molecule has 4 heteroatoms. The lowest BCUT2D eigenvalue weighted by molar-refractivity contribution is -0.146. The van der Waals surface area contributed by atoms with Gasteiger partial charge in [0, 0.05) is 0 Å². The van der Waals surface area contributed by atoms with E-state index < -0.39 is 11.9 Å². The second-order valence-electron chi connectivity index (χ2n) is 4.09. The van der Waals surface area contributed by atoms with E-state index in [1.165, 1.54) is 0 Å². The minimum absolute atomic E-state index is 0.0294. The third-order valence-electron chi connectivity index (χ3n) is 2.69. The molecule has 1 rings (SSSR count). The average molecular weight is 202 g/mol. The summed E-state index contributed by atoms with van der Waals surface area (Å²) in [5.41, 5.74) is 0. The van der Waals surface area contributed by atoms with E-state index in [9.17, 15) is 4.79 Å². The van der Waals surface area contributed by atoms with Crippen LogP contribution in [0.1, 0.15) is 33.1 Å². The van der Waals surface area contributed by atoms with Gasteiger partial charge < -0.3 is 14.9 Å². The Bertz CT molecular complexity index is 202. The highest BCUT2D eigenvalue weighted by molar-refractivity contribution is 5.70. The molecule has 14 heavy (non-hydrogen) atoms. The molecule has 1 aliphatic rings. The summed E-state index contributed by atoms with van der Waals surface area (Å²) in [4.78, 5) is 10.7. The van der Waals surface area contributed by atoms with Gasteiger partial charge in [0.25, 0.3) is 0 Å². The Morgan fingerprint density at radius 3 is 2.64 bits per heavy atom. The zero-order valence-electron chi connectivity index (χ0n) is 8.64. The van der Waals surface area contributed by atoms with Crippen molar-refractivity contribution in [2.24, 2.45) is 5.92 Å². The Hall–Kier alpha value is -0.610. The summed E-state index contributed by atoms with van der Waals surface area (Å²) in [6, 6.07) is 0. The molecule has 1 heterocycles. The predicted molar refractivity (Wildman–Crippen MR) is 51.0 cm³/mol. The third-order valence-corrected chi connectivity index (χ3v) is 2.69. The molecule has 0 aromatic carbocycles. The number of ether oxygens (including phenoxy) is 1. The molecule has 1 aliphatic heterocycles. The highest BCUT2D eigenvalue weighted by Crippen LogP contribution is 2.27. The fourth-order valence-corrected chi connectivity index (χ4v) is 1.81. The Morgan fingerprint density at radius 2 is 2.14 bits per heavy atom. The highest BCUT2D eigenvalue weighted by Gasteiger charge is 2.33. The second-order valence-corrected chi connectivity index (χ2v) is 4.09. The smallest absolute Gasteiger partial charge is 0.308 e. The standard InChI is InChI=1S/C10H18O4/c1-6(11)5-8-3-4-9(14-8)7(2)10(12)13/h6-9,11H,3-5H2,1-2H3,(H,12,13)/t6-,7-,8?,9?/m0/s1. The van der Waals surface area contributed by atoms with Crippen molar-refractivity contribution in [1.82, 2.24) is 0 Å².